The smallest absolute Gasteiger partial charge is 0.142 e. The first-order chi connectivity index (χ1) is 7.29. The van der Waals surface area contributed by atoms with E-state index >= 15 is 0 Å². The van der Waals surface area contributed by atoms with Gasteiger partial charge in [-0.3, -0.25) is 0 Å². The number of hydrogen-bond donors (Lipinski definition) is 1. The minimum absolute atomic E-state index is 0.0600. The van der Waals surface area contributed by atoms with Crippen molar-refractivity contribution in [3.05, 3.63) is 29.0 Å². The van der Waals surface area contributed by atoms with Crippen LogP contribution in [0.25, 0.3) is 11.0 Å². The molecule has 78 valence electrons. The van der Waals surface area contributed by atoms with E-state index in [1.807, 2.05) is 12.1 Å². The molecular weight excluding hydrogens is 212 g/mol. The second-order valence-electron chi connectivity index (χ2n) is 3.94. The topological polar surface area (TPSA) is 38.1 Å². The molecule has 0 radical (unpaired) electrons. The number of halogens is 1. The minimum Gasteiger partial charge on any atom is -0.390 e. The van der Waals surface area contributed by atoms with Crippen molar-refractivity contribution in [3.63, 3.8) is 0 Å². The Kier molecular flexibility index (Phi) is 1.97. The lowest BCUT2D eigenvalue weighted by Crippen LogP contribution is -2.00. The van der Waals surface area contributed by atoms with Crippen LogP contribution in [0.5, 0.6) is 0 Å². The third-order valence-corrected chi connectivity index (χ3v) is 3.02. The Morgan fingerprint density at radius 2 is 2.27 bits per heavy atom. The molecule has 1 aliphatic carbocycles. The fourth-order valence-electron chi connectivity index (χ4n) is 1.99. The van der Waals surface area contributed by atoms with E-state index in [0.717, 1.165) is 16.7 Å². The second kappa shape index (κ2) is 3.22. The van der Waals surface area contributed by atoms with Crippen LogP contribution in [0, 0.1) is 0 Å². The maximum absolute atomic E-state index is 9.28. The summed E-state index contributed by atoms with van der Waals surface area (Å²) in [6.07, 6.45) is 2.34. The van der Waals surface area contributed by atoms with Crippen LogP contribution in [0.3, 0.4) is 0 Å². The maximum atomic E-state index is 9.28. The molecule has 1 aliphatic rings. The Bertz CT molecular complexity index is 517. The molecule has 0 aromatic carbocycles. The number of rotatable bonds is 2. The summed E-state index contributed by atoms with van der Waals surface area (Å²) in [5.41, 5.74) is 1.83. The Hall–Kier alpha value is -1.06. The monoisotopic (exact) mass is 222 g/mol. The van der Waals surface area contributed by atoms with Crippen molar-refractivity contribution in [2.75, 3.05) is 0 Å². The molecule has 0 bridgehead atoms. The van der Waals surface area contributed by atoms with Gasteiger partial charge in [-0.1, -0.05) is 11.6 Å². The highest BCUT2D eigenvalue weighted by Crippen LogP contribution is 2.39. The fraction of sp³-hybridized carbons (Fsp3) is 0.364. The van der Waals surface area contributed by atoms with Crippen LogP contribution in [-0.4, -0.2) is 14.7 Å². The van der Waals surface area contributed by atoms with Crippen LogP contribution in [0.4, 0.5) is 0 Å². The van der Waals surface area contributed by atoms with Crippen molar-refractivity contribution < 1.29 is 5.11 Å². The van der Waals surface area contributed by atoms with Gasteiger partial charge in [-0.05, 0) is 31.0 Å². The van der Waals surface area contributed by atoms with Crippen LogP contribution in [0.15, 0.2) is 18.2 Å². The summed E-state index contributed by atoms with van der Waals surface area (Å²) in [5, 5.41) is 10.8. The number of hydrogen-bond acceptors (Lipinski definition) is 2. The molecule has 3 rings (SSSR count). The largest absolute Gasteiger partial charge is 0.390 e. The predicted octanol–water partition coefficient (Wildman–Crippen LogP) is 2.52. The second-order valence-corrected chi connectivity index (χ2v) is 4.33. The van der Waals surface area contributed by atoms with Gasteiger partial charge in [0.05, 0.1) is 6.61 Å². The van der Waals surface area contributed by atoms with E-state index in [-0.39, 0.29) is 6.61 Å². The first kappa shape index (κ1) is 9.19. The fourth-order valence-corrected chi connectivity index (χ4v) is 2.13. The molecule has 1 saturated carbocycles. The van der Waals surface area contributed by atoms with Crippen LogP contribution >= 0.6 is 11.6 Å². The summed E-state index contributed by atoms with van der Waals surface area (Å²) in [6, 6.07) is 6.22. The van der Waals surface area contributed by atoms with E-state index in [1.54, 1.807) is 6.07 Å². The van der Waals surface area contributed by atoms with E-state index in [4.69, 9.17) is 11.6 Å². The third kappa shape index (κ3) is 1.43. The predicted molar refractivity (Wildman–Crippen MR) is 58.9 cm³/mol. The lowest BCUT2D eigenvalue weighted by atomic mass is 10.3. The Labute approximate surface area is 92.3 Å². The van der Waals surface area contributed by atoms with Gasteiger partial charge in [0.2, 0.25) is 0 Å². The number of aromatic nitrogens is 2. The van der Waals surface area contributed by atoms with E-state index in [1.165, 1.54) is 12.8 Å². The van der Waals surface area contributed by atoms with Gasteiger partial charge >= 0.3 is 0 Å². The molecule has 2 aromatic heterocycles. The number of fused-ring (bicyclic) bond motifs is 1. The van der Waals surface area contributed by atoms with Crippen molar-refractivity contribution in [3.8, 4) is 0 Å². The summed E-state index contributed by atoms with van der Waals surface area (Å²) >= 11 is 5.88. The molecule has 0 aliphatic heterocycles. The minimum atomic E-state index is 0.0600. The molecule has 0 spiro atoms. The van der Waals surface area contributed by atoms with E-state index in [0.29, 0.717) is 11.2 Å². The zero-order valence-electron chi connectivity index (χ0n) is 8.15. The lowest BCUT2D eigenvalue weighted by Gasteiger charge is -2.05. The molecule has 2 aromatic rings. The van der Waals surface area contributed by atoms with Crippen molar-refractivity contribution in [2.45, 2.75) is 25.5 Å². The van der Waals surface area contributed by atoms with Crippen molar-refractivity contribution in [2.24, 2.45) is 0 Å². The average molecular weight is 223 g/mol. The lowest BCUT2D eigenvalue weighted by molar-refractivity contribution is 0.271. The van der Waals surface area contributed by atoms with E-state index < -0.39 is 0 Å². The van der Waals surface area contributed by atoms with E-state index in [9.17, 15) is 5.11 Å². The highest BCUT2D eigenvalue weighted by Gasteiger charge is 2.27. The number of aliphatic hydroxyl groups excluding tert-OH is 1. The van der Waals surface area contributed by atoms with Crippen LogP contribution in [-0.2, 0) is 6.61 Å². The van der Waals surface area contributed by atoms with Gasteiger partial charge in [0, 0.05) is 17.1 Å². The SMILES string of the molecule is OCc1cc2ccc(Cl)nc2n1C1CC1. The van der Waals surface area contributed by atoms with Crippen LogP contribution in [0.1, 0.15) is 24.6 Å². The molecule has 2 heterocycles. The molecular formula is C11H11ClN2O. The van der Waals surface area contributed by atoms with Crippen LogP contribution < -0.4 is 0 Å². The third-order valence-electron chi connectivity index (χ3n) is 2.81. The molecule has 1 fully saturated rings. The summed E-state index contributed by atoms with van der Waals surface area (Å²) in [5.74, 6) is 0. The molecule has 0 unspecified atom stereocenters. The Morgan fingerprint density at radius 1 is 1.47 bits per heavy atom. The van der Waals surface area contributed by atoms with Gasteiger partial charge in [-0.2, -0.15) is 0 Å². The number of aliphatic hydroxyl groups is 1. The molecule has 0 amide bonds. The average Bonchev–Trinajstić information content (AvgIpc) is 2.99. The standard InChI is InChI=1S/C11H11ClN2O/c12-10-4-1-7-5-9(6-15)14(8-2-3-8)11(7)13-10/h1,4-5,8,15H,2-3,6H2. The first-order valence-corrected chi connectivity index (χ1v) is 5.44. The van der Waals surface area contributed by atoms with Gasteiger partial charge < -0.3 is 9.67 Å². The zero-order valence-corrected chi connectivity index (χ0v) is 8.91. The highest BCUT2D eigenvalue weighted by molar-refractivity contribution is 6.29. The molecule has 0 atom stereocenters. The molecule has 4 heteroatoms. The molecule has 0 saturated heterocycles. The van der Waals surface area contributed by atoms with Crippen molar-refractivity contribution in [1.29, 1.82) is 0 Å². The number of pyridine rings is 1. The molecule has 1 N–H and O–H groups in total. The zero-order chi connectivity index (χ0) is 10.4. The van der Waals surface area contributed by atoms with Gasteiger partial charge in [0.25, 0.3) is 0 Å². The number of nitrogens with zero attached hydrogens (tertiary/aromatic N) is 2. The summed E-state index contributed by atoms with van der Waals surface area (Å²) in [4.78, 5) is 4.32. The molecule has 3 nitrogen and oxygen atoms in total. The van der Waals surface area contributed by atoms with Crippen molar-refractivity contribution >= 4 is 22.6 Å². The van der Waals surface area contributed by atoms with Gasteiger partial charge in [-0.15, -0.1) is 0 Å². The summed E-state index contributed by atoms with van der Waals surface area (Å²) in [7, 11) is 0. The molecule has 15 heavy (non-hydrogen) atoms. The quantitative estimate of drug-likeness (QED) is 0.793. The summed E-state index contributed by atoms with van der Waals surface area (Å²) in [6.45, 7) is 0.0600. The van der Waals surface area contributed by atoms with Gasteiger partial charge in [0.15, 0.2) is 0 Å². The van der Waals surface area contributed by atoms with Gasteiger partial charge in [-0.25, -0.2) is 4.98 Å². The Morgan fingerprint density at radius 3 is 2.93 bits per heavy atom. The van der Waals surface area contributed by atoms with Crippen molar-refractivity contribution in [1.82, 2.24) is 9.55 Å². The Balaban J connectivity index is 2.30. The maximum Gasteiger partial charge on any atom is 0.142 e. The normalized spacial score (nSPS) is 16.1. The first-order valence-electron chi connectivity index (χ1n) is 5.07. The van der Waals surface area contributed by atoms with E-state index in [2.05, 4.69) is 9.55 Å². The highest BCUT2D eigenvalue weighted by atomic mass is 35.5. The summed E-state index contributed by atoms with van der Waals surface area (Å²) < 4.78 is 2.11. The van der Waals surface area contributed by atoms with Gasteiger partial charge in [0.1, 0.15) is 10.8 Å². The van der Waals surface area contributed by atoms with Crippen LogP contribution in [0.2, 0.25) is 5.15 Å².